The molecule has 0 unspecified atom stereocenters. The van der Waals surface area contributed by atoms with Crippen molar-refractivity contribution in [3.8, 4) is 6.07 Å². The van der Waals surface area contributed by atoms with E-state index in [1.54, 1.807) is 6.08 Å². The summed E-state index contributed by atoms with van der Waals surface area (Å²) < 4.78 is 5.42. The summed E-state index contributed by atoms with van der Waals surface area (Å²) >= 11 is 0. The lowest BCUT2D eigenvalue weighted by Gasteiger charge is -2.31. The molecule has 0 aromatic heterocycles. The molecule has 0 saturated carbocycles. The molecule has 176 valence electrons. The van der Waals surface area contributed by atoms with Crippen molar-refractivity contribution in [1.29, 1.82) is 5.26 Å². The SMILES string of the molecule is CCCN(CCC)c1ccc2cc(/C=C(\C#N)C(=O)NC[C@H]3OCC[C@@H](O)[C@@H]3O)ccc2c1. The van der Waals surface area contributed by atoms with Gasteiger partial charge >= 0.3 is 0 Å². The van der Waals surface area contributed by atoms with Crippen LogP contribution >= 0.6 is 0 Å². The van der Waals surface area contributed by atoms with Gasteiger partial charge in [-0.2, -0.15) is 5.26 Å². The number of ether oxygens (including phenoxy) is 1. The van der Waals surface area contributed by atoms with Crippen LogP contribution in [0.5, 0.6) is 0 Å². The Hall–Kier alpha value is -2.92. The molecule has 0 radical (unpaired) electrons. The summed E-state index contributed by atoms with van der Waals surface area (Å²) in [6.45, 7) is 6.72. The number of carbonyl (C=O) groups excluding carboxylic acids is 1. The molecular weight excluding hydrogens is 418 g/mol. The third kappa shape index (κ3) is 6.32. The van der Waals surface area contributed by atoms with E-state index in [0.717, 1.165) is 42.3 Å². The molecule has 1 amide bonds. The Morgan fingerprint density at radius 1 is 1.18 bits per heavy atom. The second-order valence-electron chi connectivity index (χ2n) is 8.41. The van der Waals surface area contributed by atoms with Crippen LogP contribution in [0.1, 0.15) is 38.7 Å². The number of fused-ring (bicyclic) bond motifs is 1. The first-order valence-corrected chi connectivity index (χ1v) is 11.6. The van der Waals surface area contributed by atoms with Gasteiger partial charge < -0.3 is 25.2 Å². The number of aliphatic hydroxyl groups excluding tert-OH is 2. The highest BCUT2D eigenvalue weighted by Gasteiger charge is 2.31. The summed E-state index contributed by atoms with van der Waals surface area (Å²) in [5.41, 5.74) is 1.92. The molecule has 1 aliphatic heterocycles. The van der Waals surface area contributed by atoms with Crippen molar-refractivity contribution in [3.63, 3.8) is 0 Å². The fraction of sp³-hybridized carbons (Fsp3) is 0.462. The summed E-state index contributed by atoms with van der Waals surface area (Å²) in [7, 11) is 0. The Kier molecular flexibility index (Phi) is 8.84. The van der Waals surface area contributed by atoms with E-state index in [0.29, 0.717) is 13.0 Å². The van der Waals surface area contributed by atoms with Crippen molar-refractivity contribution in [2.45, 2.75) is 51.4 Å². The van der Waals surface area contributed by atoms with Crippen molar-refractivity contribution in [2.75, 3.05) is 31.1 Å². The predicted octanol–water partition coefficient (Wildman–Crippen LogP) is 3.00. The van der Waals surface area contributed by atoms with E-state index in [1.807, 2.05) is 24.3 Å². The summed E-state index contributed by atoms with van der Waals surface area (Å²) in [6, 6.07) is 14.2. The first-order chi connectivity index (χ1) is 16.0. The number of nitriles is 1. The van der Waals surface area contributed by atoms with Crippen molar-refractivity contribution in [1.82, 2.24) is 5.32 Å². The summed E-state index contributed by atoms with van der Waals surface area (Å²) in [6.07, 6.45) is 1.45. The van der Waals surface area contributed by atoms with Crippen LogP contribution in [0.3, 0.4) is 0 Å². The van der Waals surface area contributed by atoms with Gasteiger partial charge in [0.15, 0.2) is 0 Å². The van der Waals surface area contributed by atoms with Crippen molar-refractivity contribution in [2.24, 2.45) is 0 Å². The van der Waals surface area contributed by atoms with Crippen LogP contribution in [-0.2, 0) is 9.53 Å². The summed E-state index contributed by atoms with van der Waals surface area (Å²) in [5.74, 6) is -0.543. The second kappa shape index (κ2) is 11.8. The topological polar surface area (TPSA) is 106 Å². The Balaban J connectivity index is 1.72. The molecule has 7 nitrogen and oxygen atoms in total. The van der Waals surface area contributed by atoms with Gasteiger partial charge in [-0.05, 0) is 59.9 Å². The highest BCUT2D eigenvalue weighted by molar-refractivity contribution is 6.02. The minimum Gasteiger partial charge on any atom is -0.390 e. The average Bonchev–Trinajstić information content (AvgIpc) is 2.82. The van der Waals surface area contributed by atoms with Gasteiger partial charge in [0.2, 0.25) is 0 Å². The van der Waals surface area contributed by atoms with Gasteiger partial charge in [-0.15, -0.1) is 0 Å². The number of amides is 1. The second-order valence-corrected chi connectivity index (χ2v) is 8.41. The van der Waals surface area contributed by atoms with Crippen LogP contribution < -0.4 is 10.2 Å². The number of anilines is 1. The molecule has 1 fully saturated rings. The zero-order valence-electron chi connectivity index (χ0n) is 19.3. The van der Waals surface area contributed by atoms with Gasteiger partial charge in [0.25, 0.3) is 5.91 Å². The lowest BCUT2D eigenvalue weighted by atomic mass is 10.0. The van der Waals surface area contributed by atoms with Gasteiger partial charge in [0.05, 0.1) is 6.10 Å². The van der Waals surface area contributed by atoms with Crippen LogP contribution in [0.25, 0.3) is 16.8 Å². The maximum absolute atomic E-state index is 12.5. The maximum atomic E-state index is 12.5. The average molecular weight is 452 g/mol. The number of aliphatic hydroxyl groups is 2. The van der Waals surface area contributed by atoms with Crippen LogP contribution in [0.15, 0.2) is 42.0 Å². The van der Waals surface area contributed by atoms with E-state index in [1.165, 1.54) is 5.69 Å². The maximum Gasteiger partial charge on any atom is 0.262 e. The van der Waals surface area contributed by atoms with Crippen molar-refractivity contribution in [3.05, 3.63) is 47.5 Å². The Labute approximate surface area is 195 Å². The Bertz CT molecular complexity index is 1020. The highest BCUT2D eigenvalue weighted by Crippen LogP contribution is 2.25. The van der Waals surface area contributed by atoms with Gasteiger partial charge in [-0.1, -0.05) is 32.0 Å². The number of hydrogen-bond donors (Lipinski definition) is 3. The number of nitrogens with one attached hydrogen (secondary N) is 1. The molecular formula is C26H33N3O4. The quantitative estimate of drug-likeness (QED) is 0.400. The fourth-order valence-electron chi connectivity index (χ4n) is 4.09. The molecule has 0 bridgehead atoms. The van der Waals surface area contributed by atoms with E-state index in [4.69, 9.17) is 4.74 Å². The minimum atomic E-state index is -1.07. The highest BCUT2D eigenvalue weighted by atomic mass is 16.5. The first-order valence-electron chi connectivity index (χ1n) is 11.6. The number of benzene rings is 2. The van der Waals surface area contributed by atoms with E-state index < -0.39 is 24.2 Å². The third-order valence-electron chi connectivity index (χ3n) is 5.86. The van der Waals surface area contributed by atoms with Crippen molar-refractivity contribution >= 4 is 28.4 Å². The Morgan fingerprint density at radius 3 is 2.58 bits per heavy atom. The largest absolute Gasteiger partial charge is 0.390 e. The fourth-order valence-corrected chi connectivity index (χ4v) is 4.09. The van der Waals surface area contributed by atoms with E-state index in [9.17, 15) is 20.3 Å². The molecule has 0 aliphatic carbocycles. The smallest absolute Gasteiger partial charge is 0.262 e. The van der Waals surface area contributed by atoms with E-state index >= 15 is 0 Å². The molecule has 0 spiro atoms. The zero-order valence-corrected chi connectivity index (χ0v) is 19.3. The summed E-state index contributed by atoms with van der Waals surface area (Å²) in [5, 5.41) is 34.0. The van der Waals surface area contributed by atoms with Crippen LogP contribution in [-0.4, -0.2) is 60.7 Å². The molecule has 7 heteroatoms. The van der Waals surface area contributed by atoms with Gasteiger partial charge in [0.1, 0.15) is 23.9 Å². The predicted molar refractivity (Wildman–Crippen MR) is 130 cm³/mol. The summed E-state index contributed by atoms with van der Waals surface area (Å²) in [4.78, 5) is 14.9. The molecule has 33 heavy (non-hydrogen) atoms. The Morgan fingerprint density at radius 2 is 1.88 bits per heavy atom. The van der Waals surface area contributed by atoms with Gasteiger partial charge in [-0.3, -0.25) is 4.79 Å². The lowest BCUT2D eigenvalue weighted by molar-refractivity contribution is -0.136. The molecule has 3 atom stereocenters. The zero-order chi connectivity index (χ0) is 23.8. The normalized spacial score (nSPS) is 20.9. The lowest BCUT2D eigenvalue weighted by Crippen LogP contribution is -2.50. The van der Waals surface area contributed by atoms with Crippen LogP contribution in [0, 0.1) is 11.3 Å². The molecule has 1 saturated heterocycles. The number of rotatable bonds is 9. The molecule has 1 aliphatic rings. The van der Waals surface area contributed by atoms with Crippen molar-refractivity contribution < 1.29 is 19.7 Å². The third-order valence-corrected chi connectivity index (χ3v) is 5.86. The molecule has 1 heterocycles. The van der Waals surface area contributed by atoms with E-state index in [2.05, 4.69) is 42.3 Å². The standard InChI is InChI=1S/C26H33N3O4/c1-3-10-29(11-4-2)22-8-7-19-13-18(5-6-20(19)15-22)14-21(16-27)26(32)28-17-24-25(31)23(30)9-12-33-24/h5-8,13-15,23-25,30-31H,3-4,9-12,17H2,1-2H3,(H,28,32)/b21-14+/t23-,24-,25+/m1/s1. The first kappa shape index (κ1) is 24.7. The van der Waals surface area contributed by atoms with Crippen LogP contribution in [0.2, 0.25) is 0 Å². The van der Waals surface area contributed by atoms with Crippen LogP contribution in [0.4, 0.5) is 5.69 Å². The number of nitrogens with zero attached hydrogens (tertiary/aromatic N) is 2. The van der Waals surface area contributed by atoms with Gasteiger partial charge in [-0.25, -0.2) is 0 Å². The van der Waals surface area contributed by atoms with Gasteiger partial charge in [0, 0.05) is 31.9 Å². The molecule has 3 N–H and O–H groups in total. The van der Waals surface area contributed by atoms with E-state index in [-0.39, 0.29) is 12.1 Å². The molecule has 2 aromatic carbocycles. The minimum absolute atomic E-state index is 0.0165. The number of carbonyl (C=O) groups is 1. The molecule has 3 rings (SSSR count). The molecule has 2 aromatic rings. The number of hydrogen-bond acceptors (Lipinski definition) is 6. The monoisotopic (exact) mass is 451 g/mol.